The average molecular weight is 376 g/mol. The Morgan fingerprint density at radius 2 is 1.64 bits per heavy atom. The largest absolute Gasteiger partial charge is 0.464 e. The molecule has 6 heteroatoms. The zero-order valence-electron chi connectivity index (χ0n) is 16.5. The molecule has 0 spiro atoms. The van der Waals surface area contributed by atoms with Gasteiger partial charge in [-0.25, -0.2) is 9.59 Å². The first-order valence-electron chi connectivity index (χ1n) is 9.60. The summed E-state index contributed by atoms with van der Waals surface area (Å²) in [6.07, 6.45) is 10.2. The van der Waals surface area contributed by atoms with Gasteiger partial charge in [0.05, 0.1) is 13.2 Å². The van der Waals surface area contributed by atoms with Crippen molar-refractivity contribution in [3.8, 4) is 0 Å². The number of rotatable bonds is 15. The highest BCUT2D eigenvalue weighted by molar-refractivity contribution is 7.98. The number of carbonyl (C=O) groups is 2. The van der Waals surface area contributed by atoms with E-state index in [1.165, 1.54) is 32.1 Å². The summed E-state index contributed by atoms with van der Waals surface area (Å²) in [4.78, 5) is 24.0. The minimum Gasteiger partial charge on any atom is -0.464 e. The molecule has 0 fully saturated rings. The van der Waals surface area contributed by atoms with E-state index in [1.54, 1.807) is 11.8 Å². The second kappa shape index (κ2) is 16.6. The lowest BCUT2D eigenvalue weighted by Crippen LogP contribution is -2.43. The molecule has 0 saturated carbocycles. The summed E-state index contributed by atoms with van der Waals surface area (Å²) in [7, 11) is 0. The second-order valence-electron chi connectivity index (χ2n) is 6.76. The van der Waals surface area contributed by atoms with Crippen LogP contribution < -0.4 is 5.32 Å². The van der Waals surface area contributed by atoms with E-state index in [-0.39, 0.29) is 11.9 Å². The Kier molecular flexibility index (Phi) is 16.0. The molecule has 0 aliphatic heterocycles. The fourth-order valence-electron chi connectivity index (χ4n) is 2.24. The van der Waals surface area contributed by atoms with Crippen LogP contribution in [-0.2, 0) is 14.3 Å². The fourth-order valence-corrected chi connectivity index (χ4v) is 2.71. The van der Waals surface area contributed by atoms with Gasteiger partial charge in [-0.2, -0.15) is 11.8 Å². The summed E-state index contributed by atoms with van der Waals surface area (Å²) in [6.45, 7) is 6.91. The number of thioether (sulfide) groups is 1. The number of unbranched alkanes of at least 4 members (excludes halogenated alkanes) is 6. The van der Waals surface area contributed by atoms with Crippen LogP contribution in [0.25, 0.3) is 0 Å². The lowest BCUT2D eigenvalue weighted by atomic mass is 10.1. The van der Waals surface area contributed by atoms with Crippen molar-refractivity contribution in [1.82, 2.24) is 5.32 Å². The van der Waals surface area contributed by atoms with Gasteiger partial charge in [-0.15, -0.1) is 0 Å². The maximum atomic E-state index is 12.2. The number of hydrogen-bond acceptors (Lipinski definition) is 5. The maximum Gasteiger partial charge on any atom is 0.407 e. The molecule has 0 radical (unpaired) electrons. The molecule has 1 amide bonds. The van der Waals surface area contributed by atoms with Gasteiger partial charge in [-0.3, -0.25) is 0 Å². The highest BCUT2D eigenvalue weighted by Crippen LogP contribution is 2.08. The van der Waals surface area contributed by atoms with Crippen LogP contribution >= 0.6 is 11.8 Å². The summed E-state index contributed by atoms with van der Waals surface area (Å²) in [5.74, 6) is 0.683. The Hall–Kier alpha value is -0.910. The Morgan fingerprint density at radius 3 is 2.24 bits per heavy atom. The van der Waals surface area contributed by atoms with Gasteiger partial charge in [0.15, 0.2) is 0 Å². The molecular weight excluding hydrogens is 338 g/mol. The first kappa shape index (κ1) is 24.1. The first-order valence-corrected chi connectivity index (χ1v) is 11.0. The van der Waals surface area contributed by atoms with Gasteiger partial charge in [-0.05, 0) is 30.8 Å². The molecule has 0 aromatic carbocycles. The minimum absolute atomic E-state index is 0.264. The van der Waals surface area contributed by atoms with Crippen LogP contribution in [0, 0.1) is 5.92 Å². The third-order valence-corrected chi connectivity index (χ3v) is 4.37. The summed E-state index contributed by atoms with van der Waals surface area (Å²) in [6, 6.07) is -0.628. The normalized spacial score (nSPS) is 12.0. The number of esters is 1. The number of ether oxygens (including phenoxy) is 2. The SMILES string of the molecule is CCCCCCCCCOC(=O)[C@H](CCSC)NC(=O)OCC(C)C. The van der Waals surface area contributed by atoms with E-state index in [0.717, 1.165) is 18.6 Å². The zero-order valence-corrected chi connectivity index (χ0v) is 17.3. The third-order valence-electron chi connectivity index (χ3n) is 3.73. The molecule has 1 atom stereocenters. The van der Waals surface area contributed by atoms with E-state index in [4.69, 9.17) is 9.47 Å². The van der Waals surface area contributed by atoms with Crippen molar-refractivity contribution < 1.29 is 19.1 Å². The van der Waals surface area contributed by atoms with Gasteiger partial charge in [0.1, 0.15) is 6.04 Å². The molecule has 0 aliphatic carbocycles. The second-order valence-corrected chi connectivity index (χ2v) is 7.75. The molecule has 0 aromatic heterocycles. The van der Waals surface area contributed by atoms with E-state index in [1.807, 2.05) is 20.1 Å². The van der Waals surface area contributed by atoms with Crippen LogP contribution in [-0.4, -0.2) is 43.3 Å². The molecule has 0 aliphatic rings. The van der Waals surface area contributed by atoms with E-state index >= 15 is 0 Å². The van der Waals surface area contributed by atoms with Gasteiger partial charge in [0, 0.05) is 0 Å². The predicted molar refractivity (Wildman–Crippen MR) is 105 cm³/mol. The van der Waals surface area contributed by atoms with E-state index in [2.05, 4.69) is 12.2 Å². The summed E-state index contributed by atoms with van der Waals surface area (Å²) < 4.78 is 10.4. The topological polar surface area (TPSA) is 64.6 Å². The lowest BCUT2D eigenvalue weighted by molar-refractivity contribution is -0.146. The van der Waals surface area contributed by atoms with Crippen molar-refractivity contribution in [2.45, 2.75) is 78.2 Å². The molecule has 148 valence electrons. The van der Waals surface area contributed by atoms with Gasteiger partial charge < -0.3 is 14.8 Å². The Labute approximate surface area is 158 Å². The third kappa shape index (κ3) is 15.1. The number of nitrogens with one attached hydrogen (secondary N) is 1. The molecule has 0 heterocycles. The summed E-state index contributed by atoms with van der Waals surface area (Å²) in [5, 5.41) is 2.63. The van der Waals surface area contributed by atoms with Gasteiger partial charge in [-0.1, -0.05) is 59.3 Å². The number of alkyl carbamates (subject to hydrolysis) is 1. The molecule has 1 N–H and O–H groups in total. The van der Waals surface area contributed by atoms with Crippen molar-refractivity contribution in [3.63, 3.8) is 0 Å². The first-order chi connectivity index (χ1) is 12.0. The lowest BCUT2D eigenvalue weighted by Gasteiger charge is -2.17. The molecule has 0 rings (SSSR count). The van der Waals surface area contributed by atoms with Crippen molar-refractivity contribution in [1.29, 1.82) is 0 Å². The van der Waals surface area contributed by atoms with Crippen molar-refractivity contribution in [2.24, 2.45) is 5.92 Å². The quantitative estimate of drug-likeness (QED) is 0.329. The molecule has 25 heavy (non-hydrogen) atoms. The Balaban J connectivity index is 4.03. The molecule has 0 unspecified atom stereocenters. The minimum atomic E-state index is -0.628. The predicted octanol–water partition coefficient (Wildman–Crippen LogP) is 4.78. The standard InChI is InChI=1S/C19H37NO4S/c1-5-6-7-8-9-10-11-13-23-18(21)17(12-14-25-4)20-19(22)24-15-16(2)3/h16-17H,5-15H2,1-4H3,(H,20,22)/t17-/m0/s1. The molecule has 0 bridgehead atoms. The highest BCUT2D eigenvalue weighted by Gasteiger charge is 2.22. The van der Waals surface area contributed by atoms with Crippen molar-refractivity contribution in [3.05, 3.63) is 0 Å². The van der Waals surface area contributed by atoms with Gasteiger partial charge in [0.2, 0.25) is 0 Å². The summed E-state index contributed by atoms with van der Waals surface area (Å²) in [5.41, 5.74) is 0. The zero-order chi connectivity index (χ0) is 18.9. The van der Waals surface area contributed by atoms with Crippen LogP contribution in [0.4, 0.5) is 4.79 Å². The van der Waals surface area contributed by atoms with E-state index in [9.17, 15) is 9.59 Å². The van der Waals surface area contributed by atoms with Gasteiger partial charge in [0.25, 0.3) is 0 Å². The number of amides is 1. The number of carbonyl (C=O) groups excluding carboxylic acids is 2. The van der Waals surface area contributed by atoms with Crippen LogP contribution in [0.3, 0.4) is 0 Å². The van der Waals surface area contributed by atoms with E-state index in [0.29, 0.717) is 19.6 Å². The Morgan fingerprint density at radius 1 is 1.00 bits per heavy atom. The smallest absolute Gasteiger partial charge is 0.407 e. The molecule has 0 saturated heterocycles. The molecule has 0 aromatic rings. The van der Waals surface area contributed by atoms with Crippen LogP contribution in [0.5, 0.6) is 0 Å². The van der Waals surface area contributed by atoms with Crippen LogP contribution in [0.2, 0.25) is 0 Å². The molecule has 5 nitrogen and oxygen atoms in total. The van der Waals surface area contributed by atoms with Crippen molar-refractivity contribution in [2.75, 3.05) is 25.2 Å². The van der Waals surface area contributed by atoms with Gasteiger partial charge >= 0.3 is 12.1 Å². The Bertz CT molecular complexity index is 350. The fraction of sp³-hybridized carbons (Fsp3) is 0.895. The number of hydrogen-bond donors (Lipinski definition) is 1. The van der Waals surface area contributed by atoms with Crippen molar-refractivity contribution >= 4 is 23.8 Å². The average Bonchev–Trinajstić information content (AvgIpc) is 2.58. The molecular formula is C19H37NO4S. The van der Waals surface area contributed by atoms with E-state index < -0.39 is 12.1 Å². The highest BCUT2D eigenvalue weighted by atomic mass is 32.2. The van der Waals surface area contributed by atoms with Crippen LogP contribution in [0.15, 0.2) is 0 Å². The van der Waals surface area contributed by atoms with Crippen LogP contribution in [0.1, 0.15) is 72.1 Å². The summed E-state index contributed by atoms with van der Waals surface area (Å²) >= 11 is 1.63. The maximum absolute atomic E-state index is 12.2. The monoisotopic (exact) mass is 375 g/mol.